The molecule has 1 fully saturated rings. The van der Waals surface area contributed by atoms with E-state index in [1.54, 1.807) is 0 Å². The van der Waals surface area contributed by atoms with E-state index in [-0.39, 0.29) is 5.92 Å². The number of ketones is 1. The highest BCUT2D eigenvalue weighted by Crippen LogP contribution is 2.39. The lowest BCUT2D eigenvalue weighted by Gasteiger charge is -2.28. The van der Waals surface area contributed by atoms with Crippen molar-refractivity contribution in [3.63, 3.8) is 0 Å². The summed E-state index contributed by atoms with van der Waals surface area (Å²) in [7, 11) is 0. The minimum Gasteiger partial charge on any atom is -0.299 e. The Bertz CT molecular complexity index is 544. The SMILES string of the molecule is O=C1CCC(c2ccccc2)CC1c1ccccc1. The van der Waals surface area contributed by atoms with Gasteiger partial charge in [0.05, 0.1) is 0 Å². The van der Waals surface area contributed by atoms with Crippen LogP contribution in [0.3, 0.4) is 0 Å². The molecule has 0 radical (unpaired) electrons. The van der Waals surface area contributed by atoms with E-state index in [1.807, 2.05) is 24.3 Å². The zero-order chi connectivity index (χ0) is 13.1. The van der Waals surface area contributed by atoms with Gasteiger partial charge in [-0.2, -0.15) is 0 Å². The monoisotopic (exact) mass is 250 g/mol. The molecule has 2 atom stereocenters. The largest absolute Gasteiger partial charge is 0.299 e. The number of hydrogen-bond acceptors (Lipinski definition) is 1. The third-order valence-corrected chi connectivity index (χ3v) is 4.12. The van der Waals surface area contributed by atoms with Crippen LogP contribution in [0.2, 0.25) is 0 Å². The lowest BCUT2D eigenvalue weighted by atomic mass is 9.74. The van der Waals surface area contributed by atoms with Crippen LogP contribution in [0.15, 0.2) is 60.7 Å². The maximum Gasteiger partial charge on any atom is 0.140 e. The number of Topliss-reactive ketones (excluding diaryl/α,β-unsaturated/α-hetero) is 1. The molecule has 0 saturated heterocycles. The first-order valence-electron chi connectivity index (χ1n) is 6.97. The van der Waals surface area contributed by atoms with Crippen molar-refractivity contribution in [2.75, 3.05) is 0 Å². The van der Waals surface area contributed by atoms with Crippen molar-refractivity contribution in [1.29, 1.82) is 0 Å². The molecule has 1 nitrogen and oxygen atoms in total. The van der Waals surface area contributed by atoms with Gasteiger partial charge in [0.1, 0.15) is 5.78 Å². The van der Waals surface area contributed by atoms with Crippen LogP contribution in [-0.4, -0.2) is 5.78 Å². The smallest absolute Gasteiger partial charge is 0.140 e. The fourth-order valence-electron chi connectivity index (χ4n) is 3.06. The van der Waals surface area contributed by atoms with Crippen molar-refractivity contribution < 1.29 is 4.79 Å². The van der Waals surface area contributed by atoms with E-state index in [0.29, 0.717) is 18.1 Å². The minimum atomic E-state index is 0.0835. The van der Waals surface area contributed by atoms with E-state index in [1.165, 1.54) is 11.1 Å². The summed E-state index contributed by atoms with van der Waals surface area (Å²) >= 11 is 0. The highest BCUT2D eigenvalue weighted by Gasteiger charge is 2.30. The van der Waals surface area contributed by atoms with E-state index in [0.717, 1.165) is 12.8 Å². The second-order valence-corrected chi connectivity index (χ2v) is 5.31. The third-order valence-electron chi connectivity index (χ3n) is 4.12. The number of hydrogen-bond donors (Lipinski definition) is 0. The minimum absolute atomic E-state index is 0.0835. The first kappa shape index (κ1) is 12.2. The Labute approximate surface area is 114 Å². The Balaban J connectivity index is 1.84. The molecular formula is C18H18O. The Morgan fingerprint density at radius 2 is 1.37 bits per heavy atom. The van der Waals surface area contributed by atoms with Crippen LogP contribution in [0.25, 0.3) is 0 Å². The fourth-order valence-corrected chi connectivity index (χ4v) is 3.06. The molecule has 0 amide bonds. The molecule has 0 aromatic heterocycles. The molecule has 19 heavy (non-hydrogen) atoms. The summed E-state index contributed by atoms with van der Waals surface area (Å²) in [4.78, 5) is 12.2. The molecule has 2 aromatic carbocycles. The van der Waals surface area contributed by atoms with E-state index < -0.39 is 0 Å². The molecule has 0 aliphatic heterocycles. The normalized spacial score (nSPS) is 23.3. The van der Waals surface area contributed by atoms with Crippen LogP contribution >= 0.6 is 0 Å². The van der Waals surface area contributed by atoms with Crippen LogP contribution in [0.5, 0.6) is 0 Å². The maximum absolute atomic E-state index is 12.2. The number of benzene rings is 2. The van der Waals surface area contributed by atoms with E-state index >= 15 is 0 Å². The predicted molar refractivity (Wildman–Crippen MR) is 77.2 cm³/mol. The topological polar surface area (TPSA) is 17.1 Å². The second kappa shape index (κ2) is 5.40. The van der Waals surface area contributed by atoms with Gasteiger partial charge in [-0.3, -0.25) is 4.79 Å². The molecule has 3 rings (SSSR count). The van der Waals surface area contributed by atoms with E-state index in [4.69, 9.17) is 0 Å². The van der Waals surface area contributed by atoms with Gasteiger partial charge < -0.3 is 0 Å². The Morgan fingerprint density at radius 3 is 2.00 bits per heavy atom. The molecule has 0 heterocycles. The molecular weight excluding hydrogens is 232 g/mol. The Hall–Kier alpha value is -1.89. The van der Waals surface area contributed by atoms with Crippen LogP contribution in [0.4, 0.5) is 0 Å². The van der Waals surface area contributed by atoms with Gasteiger partial charge >= 0.3 is 0 Å². The van der Waals surface area contributed by atoms with Crippen molar-refractivity contribution >= 4 is 5.78 Å². The lowest BCUT2D eigenvalue weighted by molar-refractivity contribution is -0.122. The predicted octanol–water partition coefficient (Wildman–Crippen LogP) is 4.31. The summed E-state index contributed by atoms with van der Waals surface area (Å²) in [5.74, 6) is 1.00. The summed E-state index contributed by atoms with van der Waals surface area (Å²) in [6, 6.07) is 20.8. The van der Waals surface area contributed by atoms with E-state index in [9.17, 15) is 4.79 Å². The molecule has 0 N–H and O–H groups in total. The number of carbonyl (C=O) groups is 1. The standard InChI is InChI=1S/C18H18O/c19-18-12-11-16(14-7-3-1-4-8-14)13-17(18)15-9-5-2-6-10-15/h1-10,16-17H,11-13H2. The van der Waals surface area contributed by atoms with Crippen molar-refractivity contribution in [3.8, 4) is 0 Å². The molecule has 2 unspecified atom stereocenters. The van der Waals surface area contributed by atoms with Gasteiger partial charge in [-0.1, -0.05) is 60.7 Å². The maximum atomic E-state index is 12.2. The van der Waals surface area contributed by atoms with E-state index in [2.05, 4.69) is 36.4 Å². The van der Waals surface area contributed by atoms with Crippen LogP contribution in [-0.2, 0) is 4.79 Å². The van der Waals surface area contributed by atoms with Crippen molar-refractivity contribution in [2.24, 2.45) is 0 Å². The van der Waals surface area contributed by atoms with Crippen molar-refractivity contribution in [2.45, 2.75) is 31.1 Å². The van der Waals surface area contributed by atoms with Crippen LogP contribution in [0.1, 0.15) is 42.2 Å². The first-order chi connectivity index (χ1) is 9.34. The van der Waals surface area contributed by atoms with Gasteiger partial charge in [-0.25, -0.2) is 0 Å². The lowest BCUT2D eigenvalue weighted by Crippen LogP contribution is -2.22. The molecule has 1 heteroatoms. The van der Waals surface area contributed by atoms with Gasteiger partial charge in [0.2, 0.25) is 0 Å². The zero-order valence-corrected chi connectivity index (χ0v) is 11.0. The van der Waals surface area contributed by atoms with Crippen LogP contribution in [0, 0.1) is 0 Å². The summed E-state index contributed by atoms with van der Waals surface area (Å²) in [5.41, 5.74) is 2.55. The molecule has 0 spiro atoms. The Morgan fingerprint density at radius 1 is 0.789 bits per heavy atom. The van der Waals surface area contributed by atoms with Gasteiger partial charge in [0.25, 0.3) is 0 Å². The molecule has 2 aromatic rings. The van der Waals surface area contributed by atoms with Gasteiger partial charge in [0, 0.05) is 12.3 Å². The third kappa shape index (κ3) is 2.60. The molecule has 1 aliphatic carbocycles. The Kier molecular flexibility index (Phi) is 3.45. The van der Waals surface area contributed by atoms with Gasteiger partial charge in [0.15, 0.2) is 0 Å². The molecule has 1 aliphatic rings. The number of rotatable bonds is 2. The van der Waals surface area contributed by atoms with Crippen LogP contribution < -0.4 is 0 Å². The average Bonchev–Trinajstić information content (AvgIpc) is 2.49. The van der Waals surface area contributed by atoms with Crippen molar-refractivity contribution in [1.82, 2.24) is 0 Å². The zero-order valence-electron chi connectivity index (χ0n) is 11.0. The molecule has 1 saturated carbocycles. The quantitative estimate of drug-likeness (QED) is 0.776. The summed E-state index contributed by atoms with van der Waals surface area (Å²) in [5, 5.41) is 0. The van der Waals surface area contributed by atoms with Gasteiger partial charge in [-0.05, 0) is 29.9 Å². The summed E-state index contributed by atoms with van der Waals surface area (Å²) in [6.07, 6.45) is 2.65. The molecule has 96 valence electrons. The fraction of sp³-hybridized carbons (Fsp3) is 0.278. The number of carbonyl (C=O) groups excluding carboxylic acids is 1. The van der Waals surface area contributed by atoms with Crippen molar-refractivity contribution in [3.05, 3.63) is 71.8 Å². The highest BCUT2D eigenvalue weighted by molar-refractivity contribution is 5.86. The highest BCUT2D eigenvalue weighted by atomic mass is 16.1. The average molecular weight is 250 g/mol. The first-order valence-corrected chi connectivity index (χ1v) is 6.97. The molecule has 0 bridgehead atoms. The second-order valence-electron chi connectivity index (χ2n) is 5.31. The summed E-state index contributed by atoms with van der Waals surface area (Å²) in [6.45, 7) is 0. The summed E-state index contributed by atoms with van der Waals surface area (Å²) < 4.78 is 0. The van der Waals surface area contributed by atoms with Gasteiger partial charge in [-0.15, -0.1) is 0 Å².